The van der Waals surface area contributed by atoms with E-state index in [-0.39, 0.29) is 0 Å². The number of carbonyl (C=O) groups is 2. The average Bonchev–Trinajstić information content (AvgIpc) is 2.40. The molecule has 0 aliphatic heterocycles. The fraction of sp³-hybridized carbons (Fsp3) is 0.385. The number of imide groups is 1. The third-order valence-electron chi connectivity index (χ3n) is 2.55. The molecular formula is C13H19N3O4. The van der Waals surface area contributed by atoms with E-state index in [9.17, 15) is 9.59 Å². The van der Waals surface area contributed by atoms with Crippen LogP contribution in [0, 0.1) is 0 Å². The number of amides is 3. The van der Waals surface area contributed by atoms with Crippen molar-refractivity contribution in [2.45, 2.75) is 19.6 Å². The monoisotopic (exact) mass is 281 g/mol. The van der Waals surface area contributed by atoms with Crippen molar-refractivity contribution < 1.29 is 19.1 Å². The maximum Gasteiger partial charge on any atom is 0.318 e. The topological polar surface area (TPSA) is 103 Å². The summed E-state index contributed by atoms with van der Waals surface area (Å²) in [7, 11) is 3.37. The summed E-state index contributed by atoms with van der Waals surface area (Å²) in [4.78, 5) is 22.2. The Morgan fingerprint density at radius 1 is 1.40 bits per heavy atom. The summed E-state index contributed by atoms with van der Waals surface area (Å²) in [5, 5.41) is 4.97. The number of nitrogens with two attached hydrogens (primary N) is 1. The van der Waals surface area contributed by atoms with Gasteiger partial charge in [-0.1, -0.05) is 0 Å². The van der Waals surface area contributed by atoms with E-state index >= 15 is 0 Å². The van der Waals surface area contributed by atoms with Crippen LogP contribution in [0.5, 0.6) is 11.5 Å². The Morgan fingerprint density at radius 3 is 2.65 bits per heavy atom. The van der Waals surface area contributed by atoms with Crippen LogP contribution in [0.1, 0.15) is 12.5 Å². The number of hydrogen-bond donors (Lipinski definition) is 3. The molecule has 1 aromatic carbocycles. The van der Waals surface area contributed by atoms with Crippen molar-refractivity contribution in [2.75, 3.05) is 14.2 Å². The largest absolute Gasteiger partial charge is 0.497 e. The molecule has 4 N–H and O–H groups in total. The van der Waals surface area contributed by atoms with Gasteiger partial charge in [-0.25, -0.2) is 4.79 Å². The molecule has 1 unspecified atom stereocenters. The van der Waals surface area contributed by atoms with Crippen LogP contribution in [0.2, 0.25) is 0 Å². The number of ether oxygens (including phenoxy) is 2. The molecule has 0 saturated carbocycles. The number of hydrogen-bond acceptors (Lipinski definition) is 5. The molecule has 7 heteroatoms. The van der Waals surface area contributed by atoms with Gasteiger partial charge in [-0.05, 0) is 32.2 Å². The van der Waals surface area contributed by atoms with Crippen LogP contribution in [-0.2, 0) is 11.3 Å². The van der Waals surface area contributed by atoms with E-state index in [2.05, 4.69) is 5.32 Å². The lowest BCUT2D eigenvalue weighted by molar-refractivity contribution is -0.126. The van der Waals surface area contributed by atoms with E-state index in [0.29, 0.717) is 18.0 Å². The molecule has 1 aromatic rings. The first-order valence-corrected chi connectivity index (χ1v) is 6.06. The van der Waals surface area contributed by atoms with Gasteiger partial charge in [0.15, 0.2) is 6.10 Å². The van der Waals surface area contributed by atoms with Crippen LogP contribution < -0.4 is 25.8 Å². The van der Waals surface area contributed by atoms with Gasteiger partial charge in [0, 0.05) is 12.1 Å². The lowest BCUT2D eigenvalue weighted by Crippen LogP contribution is -2.42. The second-order valence-electron chi connectivity index (χ2n) is 4.12. The van der Waals surface area contributed by atoms with Crippen LogP contribution in [0.25, 0.3) is 0 Å². The second kappa shape index (κ2) is 7.34. The Morgan fingerprint density at radius 2 is 2.10 bits per heavy atom. The summed E-state index contributed by atoms with van der Waals surface area (Å²) in [5.41, 5.74) is 5.73. The van der Waals surface area contributed by atoms with Crippen molar-refractivity contribution in [1.29, 1.82) is 0 Å². The molecule has 1 atom stereocenters. The molecule has 20 heavy (non-hydrogen) atoms. The highest BCUT2D eigenvalue weighted by molar-refractivity contribution is 5.95. The minimum absolute atomic E-state index is 0.535. The summed E-state index contributed by atoms with van der Waals surface area (Å²) in [6, 6.07) is 4.34. The maximum absolute atomic E-state index is 11.6. The summed E-state index contributed by atoms with van der Waals surface area (Å²) in [5.74, 6) is 0.632. The van der Waals surface area contributed by atoms with E-state index in [4.69, 9.17) is 15.2 Å². The molecule has 0 saturated heterocycles. The number of urea groups is 1. The van der Waals surface area contributed by atoms with E-state index in [0.717, 1.165) is 5.56 Å². The van der Waals surface area contributed by atoms with E-state index in [1.54, 1.807) is 26.3 Å². The standard InChI is InChI=1S/C13H19N3O4/c1-8(12(17)16-13(14)18)20-11-5-4-10(19-3)6-9(11)7-15-2/h4-6,8,15H,7H2,1-3H3,(H3,14,16,17,18). The normalized spacial score (nSPS) is 11.6. The highest BCUT2D eigenvalue weighted by atomic mass is 16.5. The fourth-order valence-electron chi connectivity index (χ4n) is 1.59. The van der Waals surface area contributed by atoms with Gasteiger partial charge in [0.2, 0.25) is 0 Å². The molecule has 7 nitrogen and oxygen atoms in total. The highest BCUT2D eigenvalue weighted by Crippen LogP contribution is 2.25. The fourth-order valence-corrected chi connectivity index (χ4v) is 1.59. The molecule has 0 aliphatic carbocycles. The van der Waals surface area contributed by atoms with Crippen molar-refractivity contribution in [3.8, 4) is 11.5 Å². The quantitative estimate of drug-likeness (QED) is 0.699. The number of carbonyl (C=O) groups excluding carboxylic acids is 2. The highest BCUT2D eigenvalue weighted by Gasteiger charge is 2.17. The van der Waals surface area contributed by atoms with Gasteiger partial charge in [-0.3, -0.25) is 10.1 Å². The van der Waals surface area contributed by atoms with Gasteiger partial charge in [0.25, 0.3) is 5.91 Å². The lowest BCUT2D eigenvalue weighted by atomic mass is 10.2. The third kappa shape index (κ3) is 4.43. The molecule has 110 valence electrons. The summed E-state index contributed by atoms with van der Waals surface area (Å²) in [6.07, 6.45) is -0.841. The predicted octanol–water partition coefficient (Wildman–Crippen LogP) is 0.377. The van der Waals surface area contributed by atoms with Gasteiger partial charge >= 0.3 is 6.03 Å². The van der Waals surface area contributed by atoms with Crippen molar-refractivity contribution in [3.63, 3.8) is 0 Å². The molecule has 0 spiro atoms. The molecule has 0 fully saturated rings. The Kier molecular flexibility index (Phi) is 5.79. The Hall–Kier alpha value is -2.28. The first kappa shape index (κ1) is 15.8. The molecule has 0 heterocycles. The first-order valence-electron chi connectivity index (χ1n) is 6.06. The van der Waals surface area contributed by atoms with Gasteiger partial charge in [0.1, 0.15) is 11.5 Å². The predicted molar refractivity (Wildman–Crippen MR) is 73.6 cm³/mol. The smallest absolute Gasteiger partial charge is 0.318 e. The number of methoxy groups -OCH3 is 1. The number of rotatable bonds is 6. The van der Waals surface area contributed by atoms with Gasteiger partial charge in [0.05, 0.1) is 7.11 Å². The number of primary amides is 1. The summed E-state index contributed by atoms with van der Waals surface area (Å²) >= 11 is 0. The van der Waals surface area contributed by atoms with Crippen molar-refractivity contribution >= 4 is 11.9 Å². The number of nitrogens with one attached hydrogen (secondary N) is 2. The van der Waals surface area contributed by atoms with Crippen LogP contribution in [-0.4, -0.2) is 32.2 Å². The van der Waals surface area contributed by atoms with Crippen LogP contribution in [0.3, 0.4) is 0 Å². The zero-order valence-electron chi connectivity index (χ0n) is 11.7. The van der Waals surface area contributed by atoms with Gasteiger partial charge in [-0.2, -0.15) is 0 Å². The first-order chi connectivity index (χ1) is 9.47. The van der Waals surface area contributed by atoms with E-state index < -0.39 is 18.0 Å². The zero-order valence-corrected chi connectivity index (χ0v) is 11.7. The average molecular weight is 281 g/mol. The van der Waals surface area contributed by atoms with Crippen LogP contribution in [0.15, 0.2) is 18.2 Å². The molecule has 0 bridgehead atoms. The zero-order chi connectivity index (χ0) is 15.1. The minimum Gasteiger partial charge on any atom is -0.497 e. The Bertz CT molecular complexity index is 491. The number of benzene rings is 1. The third-order valence-corrected chi connectivity index (χ3v) is 2.55. The van der Waals surface area contributed by atoms with Crippen LogP contribution in [0.4, 0.5) is 4.79 Å². The maximum atomic E-state index is 11.6. The molecule has 0 aliphatic rings. The molecule has 0 aromatic heterocycles. The minimum atomic E-state index is -0.907. The molecule has 0 radical (unpaired) electrons. The molecule has 1 rings (SSSR count). The Labute approximate surface area is 117 Å². The van der Waals surface area contributed by atoms with Crippen molar-refractivity contribution in [3.05, 3.63) is 23.8 Å². The Balaban J connectivity index is 2.85. The molecule has 3 amide bonds. The summed E-state index contributed by atoms with van der Waals surface area (Å²) in [6.45, 7) is 2.09. The van der Waals surface area contributed by atoms with Crippen molar-refractivity contribution in [1.82, 2.24) is 10.6 Å². The van der Waals surface area contributed by atoms with E-state index in [1.807, 2.05) is 11.4 Å². The molecular weight excluding hydrogens is 262 g/mol. The van der Waals surface area contributed by atoms with Crippen molar-refractivity contribution in [2.24, 2.45) is 5.73 Å². The van der Waals surface area contributed by atoms with Crippen LogP contribution >= 0.6 is 0 Å². The SMILES string of the molecule is CNCc1cc(OC)ccc1OC(C)C(=O)NC(N)=O. The van der Waals surface area contributed by atoms with E-state index in [1.165, 1.54) is 6.92 Å². The van der Waals surface area contributed by atoms with Gasteiger partial charge in [-0.15, -0.1) is 0 Å². The van der Waals surface area contributed by atoms with Gasteiger partial charge < -0.3 is 20.5 Å². The summed E-state index contributed by atoms with van der Waals surface area (Å²) < 4.78 is 10.7. The second-order valence-corrected chi connectivity index (χ2v) is 4.12. The lowest BCUT2D eigenvalue weighted by Gasteiger charge is -2.17.